The molecular weight excluding hydrogens is 253 g/mol. The molecule has 1 heterocycles. The monoisotopic (exact) mass is 262 g/mol. The molecule has 66 valence electrons. The van der Waals surface area contributed by atoms with Gasteiger partial charge < -0.3 is 15.0 Å². The number of nitrogens with one attached hydrogen (secondary N) is 1. The molecule has 1 aliphatic heterocycles. The molecule has 0 unspecified atom stereocenters. The molecule has 0 saturated carbocycles. The summed E-state index contributed by atoms with van der Waals surface area (Å²) in [7, 11) is 1.86. The number of anilines is 2. The number of carbonyl (C=O) groups excluding carboxylic acids is 1. The zero-order chi connectivity index (χ0) is 9.26. The van der Waals surface area contributed by atoms with Gasteiger partial charge >= 0.3 is 32.7 Å². The smallest absolute Gasteiger partial charge is 0.454 e. The minimum atomic E-state index is 0. The van der Waals surface area contributed by atoms with E-state index >= 15 is 0 Å². The van der Waals surface area contributed by atoms with Crippen molar-refractivity contribution in [2.45, 2.75) is 0 Å². The summed E-state index contributed by atoms with van der Waals surface area (Å²) in [6.07, 6.45) is 3.65. The van der Waals surface area contributed by atoms with Gasteiger partial charge in [-0.05, 0) is 24.5 Å². The third-order valence-electron chi connectivity index (χ3n) is 1.94. The van der Waals surface area contributed by atoms with Crippen LogP contribution in [0.2, 0.25) is 0 Å². The minimum Gasteiger partial charge on any atom is -0.454 e. The number of allylic oxidation sites excluding steroid dienone is 1. The van der Waals surface area contributed by atoms with Crippen molar-refractivity contribution in [2.24, 2.45) is 0 Å². The Morgan fingerprint density at radius 3 is 2.86 bits per heavy atom. The number of benzene rings is 1. The Kier molecular flexibility index (Phi) is 3.84. The van der Waals surface area contributed by atoms with Gasteiger partial charge in [0.2, 0.25) is 0 Å². The van der Waals surface area contributed by atoms with Crippen molar-refractivity contribution in [3.8, 4) is 0 Å². The molecule has 4 heteroatoms. The molecule has 2 rings (SSSR count). The second-order valence-corrected chi connectivity index (χ2v) is 2.84. The summed E-state index contributed by atoms with van der Waals surface area (Å²) in [5, 5.41) is 2.97. The van der Waals surface area contributed by atoms with Gasteiger partial charge in [-0.15, -0.1) is 0 Å². The third kappa shape index (κ3) is 2.04. The van der Waals surface area contributed by atoms with Gasteiger partial charge in [0.15, 0.2) is 0 Å². The van der Waals surface area contributed by atoms with Gasteiger partial charge in [-0.3, -0.25) is 0 Å². The Hall–Kier alpha value is -0.666. The van der Waals surface area contributed by atoms with Gasteiger partial charge in [0, 0.05) is 5.69 Å². The van der Waals surface area contributed by atoms with Crippen LogP contribution < -0.4 is 10.2 Å². The summed E-state index contributed by atoms with van der Waals surface area (Å²) < 4.78 is 0. The Morgan fingerprint density at radius 2 is 2.14 bits per heavy atom. The van der Waals surface area contributed by atoms with Crippen molar-refractivity contribution in [1.82, 2.24) is 0 Å². The molecule has 0 spiro atoms. The standard InChI is InChI=1S/C10H9N2O.Y/c1-12-6-8(7-13)11-9-4-2-3-5-10(9)12;/h2-5,7,11H,1H3;/q-1;+3. The van der Waals surface area contributed by atoms with Crippen LogP contribution in [0.1, 0.15) is 0 Å². The minimum absolute atomic E-state index is 0. The van der Waals surface area contributed by atoms with Crippen LogP contribution >= 0.6 is 0 Å². The van der Waals surface area contributed by atoms with Crippen molar-refractivity contribution in [1.29, 1.82) is 0 Å². The Balaban J connectivity index is 0.000000980. The molecule has 3 nitrogen and oxygen atoms in total. The van der Waals surface area contributed by atoms with Crippen LogP contribution in [-0.2, 0) is 37.5 Å². The Labute approximate surface area is 108 Å². The number of aldehydes is 1. The fraction of sp³-hybridized carbons (Fsp3) is 0.100. The molecule has 0 aromatic heterocycles. The van der Waals surface area contributed by atoms with Crippen molar-refractivity contribution in [3.05, 3.63) is 36.2 Å². The van der Waals surface area contributed by atoms with Crippen molar-refractivity contribution in [2.75, 3.05) is 17.3 Å². The Morgan fingerprint density at radius 1 is 1.43 bits per heavy atom. The first kappa shape index (κ1) is 11.4. The van der Waals surface area contributed by atoms with Crippen molar-refractivity contribution in [3.63, 3.8) is 0 Å². The first-order valence-electron chi connectivity index (χ1n) is 4.00. The molecule has 1 aromatic rings. The number of rotatable bonds is 1. The zero-order valence-corrected chi connectivity index (χ0v) is 10.7. The summed E-state index contributed by atoms with van der Waals surface area (Å²) in [6.45, 7) is 0. The van der Waals surface area contributed by atoms with E-state index in [0.29, 0.717) is 5.70 Å². The predicted octanol–water partition coefficient (Wildman–Crippen LogP) is 1.39. The van der Waals surface area contributed by atoms with E-state index < -0.39 is 0 Å². The second-order valence-electron chi connectivity index (χ2n) is 2.84. The van der Waals surface area contributed by atoms with Crippen LogP contribution in [0.4, 0.5) is 11.4 Å². The topological polar surface area (TPSA) is 32.3 Å². The van der Waals surface area contributed by atoms with E-state index in [0.717, 1.165) is 17.7 Å². The van der Waals surface area contributed by atoms with E-state index in [1.807, 2.05) is 31.3 Å². The average Bonchev–Trinajstić information content (AvgIpc) is 2.18. The van der Waals surface area contributed by atoms with E-state index in [4.69, 9.17) is 0 Å². The average molecular weight is 262 g/mol. The second kappa shape index (κ2) is 4.71. The summed E-state index contributed by atoms with van der Waals surface area (Å²) in [6, 6.07) is 7.77. The van der Waals surface area contributed by atoms with Crippen LogP contribution in [0, 0.1) is 6.20 Å². The molecule has 1 N–H and O–H groups in total. The molecule has 14 heavy (non-hydrogen) atoms. The summed E-state index contributed by atoms with van der Waals surface area (Å²) >= 11 is 0. The van der Waals surface area contributed by atoms with E-state index in [1.54, 1.807) is 4.90 Å². The molecule has 0 atom stereocenters. The largest absolute Gasteiger partial charge is 3.00 e. The first-order chi connectivity index (χ1) is 6.31. The first-order valence-corrected chi connectivity index (χ1v) is 4.00. The van der Waals surface area contributed by atoms with Gasteiger partial charge in [0.25, 0.3) is 0 Å². The summed E-state index contributed by atoms with van der Waals surface area (Å²) in [5.74, 6) is 0. The fourth-order valence-corrected chi connectivity index (χ4v) is 1.34. The third-order valence-corrected chi connectivity index (χ3v) is 1.94. The van der Waals surface area contributed by atoms with Crippen LogP contribution in [0.25, 0.3) is 0 Å². The normalized spacial score (nSPS) is 13.2. The summed E-state index contributed by atoms with van der Waals surface area (Å²) in [4.78, 5) is 12.3. The van der Waals surface area contributed by atoms with Gasteiger partial charge in [-0.25, -0.2) is 0 Å². The van der Waals surface area contributed by atoms with Gasteiger partial charge in [-0.2, -0.15) is 0 Å². The van der Waals surface area contributed by atoms with Gasteiger partial charge in [0.1, 0.15) is 0 Å². The maximum Gasteiger partial charge on any atom is 3.00 e. The Bertz CT molecular complexity index is 376. The number of fused-ring (bicyclic) bond motifs is 1. The number of nitrogens with zero attached hydrogens (tertiary/aromatic N) is 1. The maximum atomic E-state index is 10.5. The van der Waals surface area contributed by atoms with Crippen molar-refractivity contribution >= 4 is 17.7 Å². The van der Waals surface area contributed by atoms with Crippen LogP contribution in [0.5, 0.6) is 0 Å². The SMILES string of the molecule is CN1[C-]=C(C=O)Nc2ccccc21.[Y+3]. The molecule has 1 aliphatic rings. The van der Waals surface area contributed by atoms with E-state index in [1.165, 1.54) is 0 Å². The van der Waals surface area contributed by atoms with Gasteiger partial charge in [-0.1, -0.05) is 24.4 Å². The molecule has 0 bridgehead atoms. The number of hydrogen-bond donors (Lipinski definition) is 1. The molecule has 0 amide bonds. The van der Waals surface area contributed by atoms with Crippen LogP contribution in [0.3, 0.4) is 0 Å². The quantitative estimate of drug-likeness (QED) is 0.613. The molecule has 0 aliphatic carbocycles. The molecule has 0 radical (unpaired) electrons. The van der Waals surface area contributed by atoms with E-state index in [-0.39, 0.29) is 32.7 Å². The number of para-hydroxylation sites is 2. The number of carbonyl (C=O) groups is 1. The van der Waals surface area contributed by atoms with E-state index in [9.17, 15) is 4.79 Å². The van der Waals surface area contributed by atoms with Gasteiger partial charge in [0.05, 0.1) is 6.29 Å². The van der Waals surface area contributed by atoms with Crippen LogP contribution in [0.15, 0.2) is 30.0 Å². The predicted molar refractivity (Wildman–Crippen MR) is 51.3 cm³/mol. The van der Waals surface area contributed by atoms with E-state index in [2.05, 4.69) is 11.5 Å². The number of hydrogen-bond acceptors (Lipinski definition) is 3. The summed E-state index contributed by atoms with van der Waals surface area (Å²) in [5.41, 5.74) is 2.42. The molecule has 0 fully saturated rings. The molecular formula is C10H9N2OY+2. The molecule has 0 saturated heterocycles. The molecule has 1 aromatic carbocycles. The van der Waals surface area contributed by atoms with Crippen molar-refractivity contribution < 1.29 is 37.5 Å². The maximum absolute atomic E-state index is 10.5. The zero-order valence-electron chi connectivity index (χ0n) is 7.82. The van der Waals surface area contributed by atoms with Crippen LogP contribution in [-0.4, -0.2) is 13.3 Å². The fourth-order valence-electron chi connectivity index (χ4n) is 1.34.